The monoisotopic (exact) mass is 273 g/mol. The van der Waals surface area contributed by atoms with Crippen molar-refractivity contribution >= 4 is 0 Å². The molecule has 0 aliphatic heterocycles. The summed E-state index contributed by atoms with van der Waals surface area (Å²) in [7, 11) is 2.10. The molecule has 1 unspecified atom stereocenters. The molecule has 2 heteroatoms. The van der Waals surface area contributed by atoms with Crippen LogP contribution in [0, 0.1) is 5.92 Å². The fraction of sp³-hybridized carbons (Fsp3) is 0.667. The molecule has 0 saturated heterocycles. The van der Waals surface area contributed by atoms with E-state index in [1.165, 1.54) is 56.9 Å². The molecule has 0 radical (unpaired) electrons. The average molecular weight is 273 g/mol. The Labute approximate surface area is 122 Å². The Morgan fingerprint density at radius 1 is 1.05 bits per heavy atom. The van der Waals surface area contributed by atoms with Crippen molar-refractivity contribution in [3.8, 4) is 5.75 Å². The second-order valence-corrected chi connectivity index (χ2v) is 6.41. The van der Waals surface area contributed by atoms with Crippen LogP contribution in [0.1, 0.15) is 63.0 Å². The lowest BCUT2D eigenvalue weighted by Gasteiger charge is -2.26. The number of ether oxygens (including phenoxy) is 1. The predicted octanol–water partition coefficient (Wildman–Crippen LogP) is 4.46. The first-order chi connectivity index (χ1) is 9.86. The molecule has 0 spiro atoms. The number of nitrogens with one attached hydrogen (secondary N) is 1. The molecule has 0 amide bonds. The van der Waals surface area contributed by atoms with Gasteiger partial charge in [-0.3, -0.25) is 0 Å². The Kier molecular flexibility index (Phi) is 4.62. The maximum Gasteiger partial charge on any atom is 0.120 e. The van der Waals surface area contributed by atoms with Gasteiger partial charge in [0.15, 0.2) is 0 Å². The first-order valence-corrected chi connectivity index (χ1v) is 8.30. The average Bonchev–Trinajstić information content (AvgIpc) is 3.28. The maximum absolute atomic E-state index is 5.94. The van der Waals surface area contributed by atoms with E-state index in [2.05, 4.69) is 36.6 Å². The van der Waals surface area contributed by atoms with Crippen LogP contribution in [0.25, 0.3) is 0 Å². The highest BCUT2D eigenvalue weighted by Crippen LogP contribution is 2.35. The van der Waals surface area contributed by atoms with Gasteiger partial charge in [-0.1, -0.05) is 37.8 Å². The summed E-state index contributed by atoms with van der Waals surface area (Å²) in [5, 5.41) is 3.56. The zero-order valence-electron chi connectivity index (χ0n) is 12.6. The normalized spacial score (nSPS) is 22.2. The molecule has 2 aliphatic carbocycles. The summed E-state index contributed by atoms with van der Waals surface area (Å²) in [6, 6.07) is 9.24. The number of rotatable bonds is 5. The van der Waals surface area contributed by atoms with Crippen molar-refractivity contribution in [2.45, 2.75) is 63.5 Å². The highest BCUT2D eigenvalue weighted by Gasteiger charge is 2.25. The summed E-state index contributed by atoms with van der Waals surface area (Å²) in [6.45, 7) is 0. The van der Waals surface area contributed by atoms with Crippen molar-refractivity contribution < 1.29 is 4.74 Å². The molecule has 2 saturated carbocycles. The van der Waals surface area contributed by atoms with Crippen molar-refractivity contribution in [3.05, 3.63) is 29.8 Å². The molecule has 1 N–H and O–H groups in total. The fourth-order valence-corrected chi connectivity index (χ4v) is 3.48. The third kappa shape index (κ3) is 3.54. The lowest BCUT2D eigenvalue weighted by molar-refractivity contribution is 0.300. The van der Waals surface area contributed by atoms with Gasteiger partial charge >= 0.3 is 0 Å². The van der Waals surface area contributed by atoms with Crippen molar-refractivity contribution in [1.82, 2.24) is 5.32 Å². The summed E-state index contributed by atoms with van der Waals surface area (Å²) >= 11 is 0. The van der Waals surface area contributed by atoms with Gasteiger partial charge < -0.3 is 10.1 Å². The number of hydrogen-bond acceptors (Lipinski definition) is 2. The van der Waals surface area contributed by atoms with Gasteiger partial charge in [-0.05, 0) is 56.3 Å². The molecule has 2 nitrogen and oxygen atoms in total. The third-order valence-corrected chi connectivity index (χ3v) is 4.73. The van der Waals surface area contributed by atoms with Crippen LogP contribution in [-0.2, 0) is 0 Å². The van der Waals surface area contributed by atoms with E-state index in [0.717, 1.165) is 11.7 Å². The molecule has 0 bridgehead atoms. The molecule has 1 aromatic rings. The number of benzene rings is 1. The smallest absolute Gasteiger partial charge is 0.120 e. The molecular formula is C18H27NO. The van der Waals surface area contributed by atoms with Crippen LogP contribution < -0.4 is 10.1 Å². The molecule has 2 aliphatic rings. The van der Waals surface area contributed by atoms with Gasteiger partial charge in [0.05, 0.1) is 6.10 Å². The van der Waals surface area contributed by atoms with Crippen molar-refractivity contribution in [2.75, 3.05) is 7.05 Å². The third-order valence-electron chi connectivity index (χ3n) is 4.73. The van der Waals surface area contributed by atoms with E-state index in [1.807, 2.05) is 0 Å². The largest absolute Gasteiger partial charge is 0.490 e. The molecule has 0 heterocycles. The first kappa shape index (κ1) is 13.9. The van der Waals surface area contributed by atoms with E-state index >= 15 is 0 Å². The van der Waals surface area contributed by atoms with Crippen molar-refractivity contribution in [1.29, 1.82) is 0 Å². The van der Waals surface area contributed by atoms with Crippen LogP contribution in [0.2, 0.25) is 0 Å². The second-order valence-electron chi connectivity index (χ2n) is 6.41. The number of hydrogen-bond donors (Lipinski definition) is 1. The van der Waals surface area contributed by atoms with Crippen LogP contribution in [0.15, 0.2) is 24.3 Å². The lowest BCUT2D eigenvalue weighted by Crippen LogP contribution is -2.25. The van der Waals surface area contributed by atoms with E-state index < -0.39 is 0 Å². The summed E-state index contributed by atoms with van der Waals surface area (Å²) in [6.07, 6.45) is 11.3. The molecule has 3 rings (SSSR count). The topological polar surface area (TPSA) is 21.3 Å². The van der Waals surface area contributed by atoms with Gasteiger partial charge in [-0.15, -0.1) is 0 Å². The SMILES string of the molecule is CNC(c1cccc(OC2CC2)c1)C1CCCCCC1. The molecule has 20 heavy (non-hydrogen) atoms. The molecular weight excluding hydrogens is 246 g/mol. The van der Waals surface area contributed by atoms with Gasteiger partial charge in [0, 0.05) is 6.04 Å². The van der Waals surface area contributed by atoms with Crippen molar-refractivity contribution in [3.63, 3.8) is 0 Å². The Balaban J connectivity index is 1.73. The zero-order chi connectivity index (χ0) is 13.8. The molecule has 0 aromatic heterocycles. The second kappa shape index (κ2) is 6.62. The lowest BCUT2D eigenvalue weighted by atomic mass is 9.87. The minimum Gasteiger partial charge on any atom is -0.490 e. The van der Waals surface area contributed by atoms with Crippen LogP contribution in [-0.4, -0.2) is 13.2 Å². The predicted molar refractivity (Wildman–Crippen MR) is 83.1 cm³/mol. The Hall–Kier alpha value is -1.02. The molecule has 1 aromatic carbocycles. The van der Waals surface area contributed by atoms with Gasteiger partial charge in [-0.2, -0.15) is 0 Å². The van der Waals surface area contributed by atoms with E-state index in [0.29, 0.717) is 12.1 Å². The Morgan fingerprint density at radius 3 is 2.45 bits per heavy atom. The quantitative estimate of drug-likeness (QED) is 0.800. The highest BCUT2D eigenvalue weighted by molar-refractivity contribution is 5.31. The van der Waals surface area contributed by atoms with E-state index in [1.54, 1.807) is 0 Å². The van der Waals surface area contributed by atoms with Gasteiger partial charge in [0.25, 0.3) is 0 Å². The molecule has 110 valence electrons. The van der Waals surface area contributed by atoms with Crippen LogP contribution in [0.4, 0.5) is 0 Å². The van der Waals surface area contributed by atoms with Gasteiger partial charge in [0.1, 0.15) is 5.75 Å². The Bertz CT molecular complexity index is 419. The van der Waals surface area contributed by atoms with E-state index in [-0.39, 0.29) is 0 Å². The summed E-state index contributed by atoms with van der Waals surface area (Å²) in [5.41, 5.74) is 1.40. The highest BCUT2D eigenvalue weighted by atomic mass is 16.5. The van der Waals surface area contributed by atoms with Crippen LogP contribution >= 0.6 is 0 Å². The Morgan fingerprint density at radius 2 is 1.80 bits per heavy atom. The van der Waals surface area contributed by atoms with Crippen LogP contribution in [0.5, 0.6) is 5.75 Å². The van der Waals surface area contributed by atoms with Gasteiger partial charge in [0.2, 0.25) is 0 Å². The zero-order valence-corrected chi connectivity index (χ0v) is 12.6. The summed E-state index contributed by atoms with van der Waals surface area (Å²) < 4.78 is 5.94. The maximum atomic E-state index is 5.94. The van der Waals surface area contributed by atoms with Crippen LogP contribution in [0.3, 0.4) is 0 Å². The summed E-state index contributed by atoms with van der Waals surface area (Å²) in [5.74, 6) is 1.83. The standard InChI is InChI=1S/C18H27NO/c1-19-18(14-7-4-2-3-5-8-14)15-9-6-10-17(13-15)20-16-11-12-16/h6,9-10,13-14,16,18-19H,2-5,7-8,11-12H2,1H3. The molecule has 1 atom stereocenters. The minimum atomic E-state index is 0.482. The summed E-state index contributed by atoms with van der Waals surface area (Å²) in [4.78, 5) is 0. The fourth-order valence-electron chi connectivity index (χ4n) is 3.48. The minimum absolute atomic E-state index is 0.482. The molecule has 2 fully saturated rings. The van der Waals surface area contributed by atoms with Crippen molar-refractivity contribution in [2.24, 2.45) is 5.92 Å². The van der Waals surface area contributed by atoms with E-state index in [9.17, 15) is 0 Å². The van der Waals surface area contributed by atoms with E-state index in [4.69, 9.17) is 4.74 Å². The van der Waals surface area contributed by atoms with Gasteiger partial charge in [-0.25, -0.2) is 0 Å². The first-order valence-electron chi connectivity index (χ1n) is 8.30.